The number of aryl methyl sites for hydroxylation is 2. The fourth-order valence-electron chi connectivity index (χ4n) is 6.31. The summed E-state index contributed by atoms with van der Waals surface area (Å²) >= 11 is 0. The molecule has 4 aromatic rings. The summed E-state index contributed by atoms with van der Waals surface area (Å²) in [6, 6.07) is 22.4. The zero-order valence-corrected chi connectivity index (χ0v) is 37.3. The third-order valence-corrected chi connectivity index (χ3v) is 11.2. The minimum Gasteiger partial charge on any atom is -0.872 e. The molecule has 0 saturated heterocycles. The largest absolute Gasteiger partial charge is 2.00 e. The summed E-state index contributed by atoms with van der Waals surface area (Å²) in [5, 5.41) is 21.7. The molecule has 57 heavy (non-hydrogen) atoms. The Balaban J connectivity index is 0.000000387. The summed E-state index contributed by atoms with van der Waals surface area (Å²) in [4.78, 5) is -1.29. The van der Waals surface area contributed by atoms with Crippen molar-refractivity contribution in [2.24, 2.45) is 0 Å². The van der Waals surface area contributed by atoms with Crippen LogP contribution in [0.25, 0.3) is 0 Å². The number of hydrogen-bond acceptors (Lipinski definition) is 9. The summed E-state index contributed by atoms with van der Waals surface area (Å²) in [6.45, 7) is 4.45. The molecule has 0 atom stereocenters. The van der Waals surface area contributed by atoms with E-state index >= 15 is 0 Å². The van der Waals surface area contributed by atoms with Crippen molar-refractivity contribution in [3.63, 3.8) is 0 Å². The van der Waals surface area contributed by atoms with Crippen molar-refractivity contribution in [2.45, 2.75) is 139 Å². The van der Waals surface area contributed by atoms with Crippen LogP contribution in [0.5, 0.6) is 34.5 Å². The monoisotopic (exact) mass is 850 g/mol. The molecular weight excluding hydrogens is 793 g/mol. The maximum atomic E-state index is 11.8. The number of phenols is 1. The van der Waals surface area contributed by atoms with E-state index in [1.165, 1.54) is 108 Å². The predicted octanol–water partition coefficient (Wildman–Crippen LogP) is 10.9. The Bertz CT molecular complexity index is 1840. The van der Waals surface area contributed by atoms with Crippen molar-refractivity contribution in [1.82, 2.24) is 0 Å². The molecule has 0 radical (unpaired) electrons. The standard InChI is InChI=1S/2C22H30O5S.Ca/c2*1-2-3-4-5-6-7-8-9-12-18-13-10-11-14-21(18)27-19-15-16-22(20(23)17-19)28(24,25)26;/h2*10-11,13-17,23H,2-9,12H2,1H3,(H,24,25,26);/q;;+2/p-2. The molecule has 0 aromatic heterocycles. The molecule has 0 aliphatic rings. The minimum atomic E-state index is -4.77. The van der Waals surface area contributed by atoms with Gasteiger partial charge in [-0.05, 0) is 79.3 Å². The number of unbranched alkanes of at least 4 members (excludes halogenated alkanes) is 14. The third-order valence-electron chi connectivity index (χ3n) is 9.39. The summed E-state index contributed by atoms with van der Waals surface area (Å²) in [7, 11) is -9.24. The van der Waals surface area contributed by atoms with E-state index in [1.54, 1.807) is 0 Å². The van der Waals surface area contributed by atoms with E-state index < -0.39 is 41.5 Å². The SMILES string of the molecule is CCCCCCCCCCc1ccccc1Oc1ccc(S(=O)(=O)O)c(O)c1.CCCCCCCCCCc1ccccc1Oc1ccc(S(=O)(=O)[O-])c([O-])c1.[Ca+2]. The van der Waals surface area contributed by atoms with Gasteiger partial charge in [-0.3, -0.25) is 4.55 Å². The van der Waals surface area contributed by atoms with Gasteiger partial charge in [-0.25, -0.2) is 8.42 Å². The molecular formula is C44H58CaO10S2. The average Bonchev–Trinajstić information content (AvgIpc) is 3.14. The number of phenolic OH excluding ortho intramolecular Hbond substituents is 1. The van der Waals surface area contributed by atoms with Gasteiger partial charge in [-0.2, -0.15) is 8.42 Å². The number of para-hydroxylation sites is 2. The molecule has 0 spiro atoms. The Labute approximate surface area is 370 Å². The molecule has 2 N–H and O–H groups in total. The predicted molar refractivity (Wildman–Crippen MR) is 223 cm³/mol. The van der Waals surface area contributed by atoms with Crippen molar-refractivity contribution in [1.29, 1.82) is 0 Å². The molecule has 0 aliphatic carbocycles. The van der Waals surface area contributed by atoms with E-state index in [2.05, 4.69) is 13.8 Å². The first-order valence-corrected chi connectivity index (χ1v) is 22.8. The zero-order chi connectivity index (χ0) is 40.8. The van der Waals surface area contributed by atoms with Gasteiger partial charge < -0.3 is 24.2 Å². The van der Waals surface area contributed by atoms with Crippen LogP contribution in [0.2, 0.25) is 0 Å². The van der Waals surface area contributed by atoms with E-state index in [1.807, 2.05) is 48.5 Å². The summed E-state index contributed by atoms with van der Waals surface area (Å²) in [6.07, 6.45) is 21.8. The van der Waals surface area contributed by atoms with Gasteiger partial charge in [0.05, 0.1) is 0 Å². The van der Waals surface area contributed by atoms with Gasteiger partial charge in [-0.1, -0.05) is 146 Å². The Morgan fingerprint density at radius 2 is 0.930 bits per heavy atom. The van der Waals surface area contributed by atoms with Gasteiger partial charge in [0, 0.05) is 11.0 Å². The van der Waals surface area contributed by atoms with Crippen LogP contribution in [-0.4, -0.2) is 68.8 Å². The van der Waals surface area contributed by atoms with E-state index in [9.17, 15) is 31.6 Å². The molecule has 0 aliphatic heterocycles. The molecule has 0 saturated carbocycles. The summed E-state index contributed by atoms with van der Waals surface area (Å²) in [5.74, 6) is 0.467. The van der Waals surface area contributed by atoms with Gasteiger partial charge in [-0.15, -0.1) is 0 Å². The van der Waals surface area contributed by atoms with Crippen molar-refractivity contribution < 1.29 is 45.6 Å². The van der Waals surface area contributed by atoms with Crippen LogP contribution in [0, 0.1) is 0 Å². The van der Waals surface area contributed by atoms with Gasteiger partial charge >= 0.3 is 37.7 Å². The van der Waals surface area contributed by atoms with Crippen molar-refractivity contribution in [2.75, 3.05) is 0 Å². The second kappa shape index (κ2) is 27.0. The van der Waals surface area contributed by atoms with Crippen molar-refractivity contribution in [3.05, 3.63) is 96.1 Å². The fourth-order valence-corrected chi connectivity index (χ4v) is 7.41. The smallest absolute Gasteiger partial charge is 0.872 e. The maximum absolute atomic E-state index is 11.8. The van der Waals surface area contributed by atoms with E-state index in [0.717, 1.165) is 55.0 Å². The molecule has 0 heterocycles. The van der Waals surface area contributed by atoms with Gasteiger partial charge in [0.15, 0.2) is 0 Å². The number of benzene rings is 4. The summed E-state index contributed by atoms with van der Waals surface area (Å²) in [5.41, 5.74) is 2.12. The topological polar surface area (TPSA) is 173 Å². The molecule has 10 nitrogen and oxygen atoms in total. The third kappa shape index (κ3) is 19.2. The first-order valence-electron chi connectivity index (χ1n) is 19.9. The average molecular weight is 851 g/mol. The molecule has 308 valence electrons. The fraction of sp³-hybridized carbons (Fsp3) is 0.455. The van der Waals surface area contributed by atoms with Crippen LogP contribution < -0.4 is 14.6 Å². The number of aromatic hydroxyl groups is 1. The maximum Gasteiger partial charge on any atom is 2.00 e. The molecule has 13 heteroatoms. The number of hydrogen-bond donors (Lipinski definition) is 2. The first kappa shape index (κ1) is 50.3. The van der Waals surface area contributed by atoms with Gasteiger partial charge in [0.1, 0.15) is 43.8 Å². The second-order valence-corrected chi connectivity index (χ2v) is 16.8. The van der Waals surface area contributed by atoms with Gasteiger partial charge in [0.2, 0.25) is 0 Å². The molecule has 0 unspecified atom stereocenters. The van der Waals surface area contributed by atoms with E-state index in [-0.39, 0.29) is 43.5 Å². The number of rotatable bonds is 24. The van der Waals surface area contributed by atoms with Crippen LogP contribution in [0.15, 0.2) is 94.7 Å². The Morgan fingerprint density at radius 1 is 0.544 bits per heavy atom. The van der Waals surface area contributed by atoms with Crippen molar-refractivity contribution >= 4 is 58.0 Å². The van der Waals surface area contributed by atoms with Crippen LogP contribution in [0.1, 0.15) is 128 Å². The van der Waals surface area contributed by atoms with E-state index in [0.29, 0.717) is 17.2 Å². The second-order valence-electron chi connectivity index (χ2n) is 14.0. The van der Waals surface area contributed by atoms with Crippen LogP contribution in [0.4, 0.5) is 0 Å². The molecule has 0 fully saturated rings. The quantitative estimate of drug-likeness (QED) is 0.0392. The zero-order valence-electron chi connectivity index (χ0n) is 33.5. The Hall–Kier alpha value is -2.84. The van der Waals surface area contributed by atoms with Crippen LogP contribution >= 0.6 is 0 Å². The first-order chi connectivity index (χ1) is 26.8. The Morgan fingerprint density at radius 3 is 1.32 bits per heavy atom. The molecule has 0 amide bonds. The minimum absolute atomic E-state index is 0. The van der Waals surface area contributed by atoms with Crippen LogP contribution in [0.3, 0.4) is 0 Å². The van der Waals surface area contributed by atoms with Crippen LogP contribution in [-0.2, 0) is 33.1 Å². The van der Waals surface area contributed by atoms with E-state index in [4.69, 9.17) is 14.0 Å². The molecule has 4 rings (SSSR count). The Kier molecular flexibility index (Phi) is 23.8. The van der Waals surface area contributed by atoms with Gasteiger partial charge in [0.25, 0.3) is 10.1 Å². The molecule has 0 bridgehead atoms. The van der Waals surface area contributed by atoms with Crippen molar-refractivity contribution in [3.8, 4) is 34.5 Å². The summed E-state index contributed by atoms with van der Waals surface area (Å²) < 4.78 is 76.1. The number of ether oxygens (including phenoxy) is 2. The molecule has 4 aromatic carbocycles. The normalized spacial score (nSPS) is 11.3.